The second kappa shape index (κ2) is 7.70. The molecule has 0 bridgehead atoms. The molecule has 0 saturated carbocycles. The molecule has 2 aliphatic rings. The SMILES string of the molecule is COc1cccc([C@]2(C)NC(=O)N(NC(=O)COc3ccc4c(c3)CCC4)C2=O)c1. The molecule has 4 amide bonds. The summed E-state index contributed by atoms with van der Waals surface area (Å²) in [6.07, 6.45) is 3.19. The average Bonchev–Trinajstić information content (AvgIpc) is 3.30. The van der Waals surface area contributed by atoms with Crippen molar-refractivity contribution in [2.75, 3.05) is 13.7 Å². The van der Waals surface area contributed by atoms with Crippen LogP contribution in [0.4, 0.5) is 4.79 Å². The number of rotatable bonds is 6. The number of hydrogen-bond acceptors (Lipinski definition) is 5. The van der Waals surface area contributed by atoms with Gasteiger partial charge >= 0.3 is 6.03 Å². The molecule has 30 heavy (non-hydrogen) atoms. The number of hydrazine groups is 1. The highest BCUT2D eigenvalue weighted by atomic mass is 16.5. The Labute approximate surface area is 174 Å². The van der Waals surface area contributed by atoms with E-state index in [1.54, 1.807) is 31.2 Å². The number of benzene rings is 2. The molecular formula is C22H23N3O5. The minimum atomic E-state index is -1.32. The van der Waals surface area contributed by atoms with E-state index in [0.29, 0.717) is 22.1 Å². The number of imide groups is 1. The maximum atomic E-state index is 12.9. The van der Waals surface area contributed by atoms with Gasteiger partial charge in [0.2, 0.25) is 0 Å². The zero-order chi connectivity index (χ0) is 21.3. The predicted molar refractivity (Wildman–Crippen MR) is 108 cm³/mol. The minimum absolute atomic E-state index is 0.314. The molecule has 0 spiro atoms. The van der Waals surface area contributed by atoms with Crippen LogP contribution < -0.4 is 20.2 Å². The first-order valence-corrected chi connectivity index (χ1v) is 9.76. The zero-order valence-electron chi connectivity index (χ0n) is 16.9. The molecule has 1 aliphatic carbocycles. The Morgan fingerprint density at radius 1 is 1.13 bits per heavy atom. The molecule has 0 unspecified atom stereocenters. The van der Waals surface area contributed by atoms with E-state index in [1.165, 1.54) is 18.2 Å². The van der Waals surface area contributed by atoms with E-state index in [1.807, 2.05) is 18.2 Å². The molecule has 8 nitrogen and oxygen atoms in total. The molecule has 156 valence electrons. The summed E-state index contributed by atoms with van der Waals surface area (Å²) >= 11 is 0. The molecule has 1 heterocycles. The largest absolute Gasteiger partial charge is 0.497 e. The van der Waals surface area contributed by atoms with Crippen LogP contribution in [-0.2, 0) is 28.0 Å². The van der Waals surface area contributed by atoms with E-state index in [4.69, 9.17) is 9.47 Å². The molecule has 8 heteroatoms. The number of aryl methyl sites for hydroxylation is 2. The van der Waals surface area contributed by atoms with Gasteiger partial charge in [0.25, 0.3) is 11.8 Å². The van der Waals surface area contributed by atoms with Gasteiger partial charge in [-0.25, -0.2) is 4.79 Å². The fourth-order valence-electron chi connectivity index (χ4n) is 3.81. The van der Waals surface area contributed by atoms with Crippen molar-refractivity contribution >= 4 is 17.8 Å². The lowest BCUT2D eigenvalue weighted by Crippen LogP contribution is -2.49. The summed E-state index contributed by atoms with van der Waals surface area (Å²) in [4.78, 5) is 37.6. The van der Waals surface area contributed by atoms with Crippen molar-refractivity contribution in [3.8, 4) is 11.5 Å². The van der Waals surface area contributed by atoms with Crippen molar-refractivity contribution in [2.45, 2.75) is 31.7 Å². The van der Waals surface area contributed by atoms with Crippen LogP contribution >= 0.6 is 0 Å². The number of carbonyl (C=O) groups excluding carboxylic acids is 3. The fraction of sp³-hybridized carbons (Fsp3) is 0.318. The highest BCUT2D eigenvalue weighted by Crippen LogP contribution is 2.30. The topological polar surface area (TPSA) is 97.0 Å². The fourth-order valence-corrected chi connectivity index (χ4v) is 3.81. The lowest BCUT2D eigenvalue weighted by atomic mass is 9.92. The normalized spacial score (nSPS) is 20.0. The third-order valence-corrected chi connectivity index (χ3v) is 5.51. The van der Waals surface area contributed by atoms with Crippen molar-refractivity contribution < 1.29 is 23.9 Å². The molecule has 1 atom stereocenters. The standard InChI is InChI=1S/C22H23N3O5/c1-22(16-7-4-8-17(12-16)29-2)20(27)25(21(28)23-22)24-19(26)13-30-18-10-9-14-5-3-6-15(14)11-18/h4,7-12H,3,5-6,13H2,1-2H3,(H,23,28)(H,24,26)/t22-/m0/s1. The van der Waals surface area contributed by atoms with Crippen LogP contribution in [0.25, 0.3) is 0 Å². The molecule has 4 rings (SSSR count). The van der Waals surface area contributed by atoms with E-state index < -0.39 is 23.4 Å². The first-order chi connectivity index (χ1) is 14.4. The van der Waals surface area contributed by atoms with Crippen LogP contribution in [0, 0.1) is 0 Å². The Balaban J connectivity index is 1.41. The molecule has 1 aliphatic heterocycles. The number of fused-ring (bicyclic) bond motifs is 1. The van der Waals surface area contributed by atoms with Crippen LogP contribution in [0.3, 0.4) is 0 Å². The van der Waals surface area contributed by atoms with Crippen molar-refractivity contribution in [1.29, 1.82) is 0 Å². The van der Waals surface area contributed by atoms with Gasteiger partial charge in [0.15, 0.2) is 6.61 Å². The summed E-state index contributed by atoms with van der Waals surface area (Å²) in [6, 6.07) is 11.9. The molecule has 1 saturated heterocycles. The smallest absolute Gasteiger partial charge is 0.344 e. The number of nitrogens with one attached hydrogen (secondary N) is 2. The van der Waals surface area contributed by atoms with E-state index in [9.17, 15) is 14.4 Å². The minimum Gasteiger partial charge on any atom is -0.497 e. The number of urea groups is 1. The number of nitrogens with zero attached hydrogens (tertiary/aromatic N) is 1. The zero-order valence-corrected chi connectivity index (χ0v) is 16.9. The van der Waals surface area contributed by atoms with Crippen LogP contribution in [0.15, 0.2) is 42.5 Å². The Kier molecular flexibility index (Phi) is 5.07. The first kappa shape index (κ1) is 19.8. The predicted octanol–water partition coefficient (Wildman–Crippen LogP) is 2.06. The van der Waals surface area contributed by atoms with E-state index in [-0.39, 0.29) is 6.61 Å². The van der Waals surface area contributed by atoms with Crippen LogP contribution in [0.1, 0.15) is 30.0 Å². The Bertz CT molecular complexity index is 1020. The third kappa shape index (κ3) is 3.56. The second-order valence-electron chi connectivity index (χ2n) is 7.54. The number of methoxy groups -OCH3 is 1. The summed E-state index contributed by atoms with van der Waals surface area (Å²) in [7, 11) is 1.52. The van der Waals surface area contributed by atoms with Gasteiger partial charge in [-0.15, -0.1) is 0 Å². The molecule has 2 aromatic carbocycles. The monoisotopic (exact) mass is 409 g/mol. The van der Waals surface area contributed by atoms with Gasteiger partial charge in [-0.1, -0.05) is 18.2 Å². The number of ether oxygens (including phenoxy) is 2. The molecular weight excluding hydrogens is 386 g/mol. The van der Waals surface area contributed by atoms with Crippen molar-refractivity contribution in [3.05, 3.63) is 59.2 Å². The highest BCUT2D eigenvalue weighted by Gasteiger charge is 2.50. The van der Waals surface area contributed by atoms with Gasteiger partial charge in [-0.2, -0.15) is 5.01 Å². The van der Waals surface area contributed by atoms with E-state index in [2.05, 4.69) is 10.7 Å². The first-order valence-electron chi connectivity index (χ1n) is 9.76. The van der Waals surface area contributed by atoms with Crippen LogP contribution in [0.5, 0.6) is 11.5 Å². The maximum absolute atomic E-state index is 12.9. The Hall–Kier alpha value is -3.55. The summed E-state index contributed by atoms with van der Waals surface area (Å²) in [5, 5.41) is 3.32. The van der Waals surface area contributed by atoms with Crippen molar-refractivity contribution in [1.82, 2.24) is 15.8 Å². The molecule has 2 N–H and O–H groups in total. The van der Waals surface area contributed by atoms with Gasteiger partial charge in [0, 0.05) is 0 Å². The molecule has 0 aromatic heterocycles. The van der Waals surface area contributed by atoms with Gasteiger partial charge in [-0.3, -0.25) is 15.0 Å². The van der Waals surface area contributed by atoms with Crippen molar-refractivity contribution in [2.24, 2.45) is 0 Å². The van der Waals surface area contributed by atoms with Gasteiger partial charge in [0.05, 0.1) is 7.11 Å². The van der Waals surface area contributed by atoms with E-state index in [0.717, 1.165) is 19.3 Å². The van der Waals surface area contributed by atoms with Crippen LogP contribution in [0.2, 0.25) is 0 Å². The highest BCUT2D eigenvalue weighted by molar-refractivity contribution is 6.08. The quantitative estimate of drug-likeness (QED) is 0.712. The van der Waals surface area contributed by atoms with Gasteiger partial charge in [-0.05, 0) is 67.1 Å². The average molecular weight is 409 g/mol. The Morgan fingerprint density at radius 2 is 1.93 bits per heavy atom. The van der Waals surface area contributed by atoms with E-state index >= 15 is 0 Å². The summed E-state index contributed by atoms with van der Waals surface area (Å²) < 4.78 is 10.7. The third-order valence-electron chi connectivity index (χ3n) is 5.51. The number of hydrogen-bond donors (Lipinski definition) is 2. The summed E-state index contributed by atoms with van der Waals surface area (Å²) in [5.41, 5.74) is 4.10. The second-order valence-corrected chi connectivity index (χ2v) is 7.54. The number of amides is 4. The molecule has 2 aromatic rings. The van der Waals surface area contributed by atoms with Gasteiger partial charge in [0.1, 0.15) is 17.0 Å². The summed E-state index contributed by atoms with van der Waals surface area (Å²) in [5.74, 6) is -0.0502. The summed E-state index contributed by atoms with van der Waals surface area (Å²) in [6.45, 7) is 1.26. The molecule has 0 radical (unpaired) electrons. The lowest BCUT2D eigenvalue weighted by molar-refractivity contribution is -0.139. The Morgan fingerprint density at radius 3 is 2.73 bits per heavy atom. The molecule has 1 fully saturated rings. The van der Waals surface area contributed by atoms with Crippen LogP contribution in [-0.4, -0.2) is 36.6 Å². The maximum Gasteiger partial charge on any atom is 0.344 e. The number of carbonyl (C=O) groups is 3. The lowest BCUT2D eigenvalue weighted by Gasteiger charge is -2.22. The van der Waals surface area contributed by atoms with Gasteiger partial charge < -0.3 is 14.8 Å². The van der Waals surface area contributed by atoms with Crippen molar-refractivity contribution in [3.63, 3.8) is 0 Å².